The van der Waals surface area contributed by atoms with Crippen molar-refractivity contribution >= 4 is 0 Å². The molecule has 19 heavy (non-hydrogen) atoms. The van der Waals surface area contributed by atoms with Gasteiger partial charge in [-0.05, 0) is 83.5 Å². The molecule has 2 nitrogen and oxygen atoms in total. The van der Waals surface area contributed by atoms with Crippen LogP contribution in [0.5, 0.6) is 0 Å². The minimum atomic E-state index is 0.643. The standard InChI is InChI=1S/C17H34N2/c1-16(9-14(10-16)13-18(3)4)7-8-17(2)11-15(12-17)19(5)6/h14-15H,7-13H2,1-6H3. The normalized spacial score (nSPS) is 42.3. The fourth-order valence-electron chi connectivity index (χ4n) is 4.43. The van der Waals surface area contributed by atoms with Crippen molar-refractivity contribution in [1.29, 1.82) is 0 Å². The molecule has 0 aromatic heterocycles. The van der Waals surface area contributed by atoms with Gasteiger partial charge in [-0.2, -0.15) is 0 Å². The molecule has 0 bridgehead atoms. The van der Waals surface area contributed by atoms with Crippen LogP contribution in [0.25, 0.3) is 0 Å². The third-order valence-corrected chi connectivity index (χ3v) is 5.71. The van der Waals surface area contributed by atoms with E-state index >= 15 is 0 Å². The molecular weight excluding hydrogens is 232 g/mol. The second-order valence-corrected chi connectivity index (χ2v) is 8.68. The summed E-state index contributed by atoms with van der Waals surface area (Å²) >= 11 is 0. The summed E-state index contributed by atoms with van der Waals surface area (Å²) in [7, 11) is 8.85. The fourth-order valence-corrected chi connectivity index (χ4v) is 4.43. The molecule has 2 aliphatic carbocycles. The molecule has 0 heterocycles. The van der Waals surface area contributed by atoms with E-state index in [1.165, 1.54) is 45.1 Å². The van der Waals surface area contributed by atoms with Crippen molar-refractivity contribution in [2.45, 2.75) is 58.4 Å². The second-order valence-electron chi connectivity index (χ2n) is 8.68. The topological polar surface area (TPSA) is 6.48 Å². The van der Waals surface area contributed by atoms with Gasteiger partial charge in [-0.1, -0.05) is 13.8 Å². The summed E-state index contributed by atoms with van der Waals surface area (Å²) < 4.78 is 0. The molecule has 0 N–H and O–H groups in total. The zero-order chi connectivity index (χ0) is 14.3. The number of hydrogen-bond donors (Lipinski definition) is 0. The van der Waals surface area contributed by atoms with Gasteiger partial charge in [-0.15, -0.1) is 0 Å². The van der Waals surface area contributed by atoms with Crippen LogP contribution < -0.4 is 0 Å². The van der Waals surface area contributed by atoms with E-state index in [-0.39, 0.29) is 0 Å². The molecule has 0 unspecified atom stereocenters. The molecule has 0 radical (unpaired) electrons. The van der Waals surface area contributed by atoms with Crippen LogP contribution in [-0.2, 0) is 0 Å². The van der Waals surface area contributed by atoms with Crippen LogP contribution in [0.1, 0.15) is 52.4 Å². The number of rotatable bonds is 6. The van der Waals surface area contributed by atoms with Crippen LogP contribution in [0.2, 0.25) is 0 Å². The molecule has 0 saturated heterocycles. The molecule has 0 atom stereocenters. The molecule has 2 aliphatic rings. The predicted octanol–water partition coefficient (Wildman–Crippen LogP) is 3.47. The predicted molar refractivity (Wildman–Crippen MR) is 83.4 cm³/mol. The van der Waals surface area contributed by atoms with Gasteiger partial charge >= 0.3 is 0 Å². The molecule has 0 amide bonds. The van der Waals surface area contributed by atoms with E-state index in [1.54, 1.807) is 0 Å². The minimum Gasteiger partial charge on any atom is -0.309 e. The smallest absolute Gasteiger partial charge is 0.00995 e. The lowest BCUT2D eigenvalue weighted by molar-refractivity contribution is -0.00756. The van der Waals surface area contributed by atoms with Gasteiger partial charge in [0.1, 0.15) is 0 Å². The minimum absolute atomic E-state index is 0.643. The fraction of sp³-hybridized carbons (Fsp3) is 1.00. The van der Waals surface area contributed by atoms with Crippen molar-refractivity contribution in [3.05, 3.63) is 0 Å². The molecule has 0 aromatic rings. The highest BCUT2D eigenvalue weighted by molar-refractivity contribution is 4.98. The first-order chi connectivity index (χ1) is 8.71. The third-order valence-electron chi connectivity index (χ3n) is 5.71. The lowest BCUT2D eigenvalue weighted by atomic mass is 9.56. The first kappa shape index (κ1) is 15.3. The number of hydrogen-bond acceptors (Lipinski definition) is 2. The Morgan fingerprint density at radius 1 is 0.842 bits per heavy atom. The average Bonchev–Trinajstić information content (AvgIpc) is 2.19. The molecule has 112 valence electrons. The maximum atomic E-state index is 2.52. The van der Waals surface area contributed by atoms with Gasteiger partial charge in [0.25, 0.3) is 0 Å². The summed E-state index contributed by atoms with van der Waals surface area (Å²) in [4.78, 5) is 4.75. The van der Waals surface area contributed by atoms with Crippen molar-refractivity contribution in [2.75, 3.05) is 34.7 Å². The van der Waals surface area contributed by atoms with E-state index in [0.29, 0.717) is 10.8 Å². The largest absolute Gasteiger partial charge is 0.309 e. The van der Waals surface area contributed by atoms with Gasteiger partial charge in [0.15, 0.2) is 0 Å². The Balaban J connectivity index is 1.67. The monoisotopic (exact) mass is 266 g/mol. The van der Waals surface area contributed by atoms with Crippen LogP contribution >= 0.6 is 0 Å². The summed E-state index contributed by atoms with van der Waals surface area (Å²) in [6.07, 6.45) is 8.64. The summed E-state index contributed by atoms with van der Waals surface area (Å²) in [5.41, 5.74) is 1.30. The Morgan fingerprint density at radius 2 is 1.32 bits per heavy atom. The second kappa shape index (κ2) is 5.37. The third kappa shape index (κ3) is 3.72. The highest BCUT2D eigenvalue weighted by Gasteiger charge is 2.45. The van der Waals surface area contributed by atoms with Gasteiger partial charge in [-0.3, -0.25) is 0 Å². The van der Waals surface area contributed by atoms with E-state index < -0.39 is 0 Å². The van der Waals surface area contributed by atoms with Crippen LogP contribution in [-0.4, -0.2) is 50.6 Å². The van der Waals surface area contributed by atoms with Crippen LogP contribution in [0.4, 0.5) is 0 Å². The lowest BCUT2D eigenvalue weighted by Crippen LogP contribution is -2.48. The Kier molecular flexibility index (Phi) is 4.32. The van der Waals surface area contributed by atoms with Gasteiger partial charge in [-0.25, -0.2) is 0 Å². The van der Waals surface area contributed by atoms with E-state index in [0.717, 1.165) is 12.0 Å². The van der Waals surface area contributed by atoms with Crippen molar-refractivity contribution in [3.8, 4) is 0 Å². The van der Waals surface area contributed by atoms with E-state index in [2.05, 4.69) is 51.8 Å². The van der Waals surface area contributed by atoms with Crippen LogP contribution in [0.15, 0.2) is 0 Å². The molecule has 0 spiro atoms. The zero-order valence-electron chi connectivity index (χ0n) is 14.0. The Bertz CT molecular complexity index is 296. The maximum absolute atomic E-state index is 2.52. The first-order valence-corrected chi connectivity index (χ1v) is 8.03. The average molecular weight is 266 g/mol. The SMILES string of the molecule is CN(C)CC1CC(C)(CCC2(C)CC(N(C)C)C2)C1. The molecule has 0 aromatic carbocycles. The summed E-state index contributed by atoms with van der Waals surface area (Å²) in [6, 6.07) is 0.848. The van der Waals surface area contributed by atoms with Crippen LogP contribution in [0, 0.1) is 16.7 Å². The molecule has 0 aliphatic heterocycles. The van der Waals surface area contributed by atoms with E-state index in [9.17, 15) is 0 Å². The Labute approximate surface area is 120 Å². The highest BCUT2D eigenvalue weighted by Crippen LogP contribution is 2.53. The quantitative estimate of drug-likeness (QED) is 0.726. The van der Waals surface area contributed by atoms with E-state index in [4.69, 9.17) is 0 Å². The zero-order valence-corrected chi connectivity index (χ0v) is 14.0. The van der Waals surface area contributed by atoms with Crippen molar-refractivity contribution in [2.24, 2.45) is 16.7 Å². The van der Waals surface area contributed by atoms with Crippen LogP contribution in [0.3, 0.4) is 0 Å². The Hall–Kier alpha value is -0.0800. The van der Waals surface area contributed by atoms with Crippen molar-refractivity contribution in [3.63, 3.8) is 0 Å². The lowest BCUT2D eigenvalue weighted by Gasteiger charge is -2.52. The molecule has 2 heteroatoms. The van der Waals surface area contributed by atoms with Gasteiger partial charge in [0.05, 0.1) is 0 Å². The Morgan fingerprint density at radius 3 is 1.74 bits per heavy atom. The van der Waals surface area contributed by atoms with Gasteiger partial charge in [0, 0.05) is 12.6 Å². The number of nitrogens with zero attached hydrogens (tertiary/aromatic N) is 2. The summed E-state index contributed by atoms with van der Waals surface area (Å²) in [5.74, 6) is 0.962. The maximum Gasteiger partial charge on any atom is 0.00995 e. The van der Waals surface area contributed by atoms with Crippen molar-refractivity contribution < 1.29 is 0 Å². The summed E-state index contributed by atoms with van der Waals surface area (Å²) in [6.45, 7) is 6.31. The van der Waals surface area contributed by atoms with E-state index in [1.807, 2.05) is 0 Å². The summed E-state index contributed by atoms with van der Waals surface area (Å²) in [5, 5.41) is 0. The first-order valence-electron chi connectivity index (χ1n) is 8.03. The van der Waals surface area contributed by atoms with Gasteiger partial charge in [0.2, 0.25) is 0 Å². The molecule has 2 rings (SSSR count). The van der Waals surface area contributed by atoms with Crippen molar-refractivity contribution in [1.82, 2.24) is 9.80 Å². The highest BCUT2D eigenvalue weighted by atomic mass is 15.1. The van der Waals surface area contributed by atoms with Gasteiger partial charge < -0.3 is 9.80 Å². The molecule has 2 fully saturated rings. The molecular formula is C17H34N2. The molecule has 2 saturated carbocycles.